The van der Waals surface area contributed by atoms with Gasteiger partial charge in [-0.05, 0) is 23.9 Å². The minimum atomic E-state index is -0.111. The number of hydrogen-bond acceptors (Lipinski definition) is 4. The van der Waals surface area contributed by atoms with Crippen molar-refractivity contribution in [2.24, 2.45) is 12.9 Å². The van der Waals surface area contributed by atoms with E-state index in [1.165, 1.54) is 5.56 Å². The van der Waals surface area contributed by atoms with Crippen LogP contribution in [0.5, 0.6) is 0 Å². The molecular formula is C10H13ClN4S. The number of hydrazine groups is 1. The van der Waals surface area contributed by atoms with Crippen molar-refractivity contribution in [1.82, 2.24) is 15.2 Å². The Bertz CT molecular complexity index is 471. The van der Waals surface area contributed by atoms with Crippen molar-refractivity contribution in [2.75, 3.05) is 0 Å². The second-order valence-electron chi connectivity index (χ2n) is 3.57. The van der Waals surface area contributed by atoms with Gasteiger partial charge in [0.2, 0.25) is 0 Å². The molecule has 6 heteroatoms. The first-order chi connectivity index (χ1) is 7.65. The molecule has 86 valence electrons. The second-order valence-corrected chi connectivity index (χ2v) is 4.92. The fourth-order valence-corrected chi connectivity index (χ4v) is 2.97. The number of nitrogens with two attached hydrogens (primary N) is 1. The highest BCUT2D eigenvalue weighted by Gasteiger charge is 2.22. The lowest BCUT2D eigenvalue weighted by Gasteiger charge is -2.16. The largest absolute Gasteiger partial charge is 0.270 e. The number of nitrogens with zero attached hydrogens (tertiary/aromatic N) is 2. The molecule has 2 heterocycles. The van der Waals surface area contributed by atoms with Crippen LogP contribution in [0.2, 0.25) is 5.02 Å². The first-order valence-electron chi connectivity index (χ1n) is 4.82. The normalized spacial score (nSPS) is 13.0. The highest BCUT2D eigenvalue weighted by atomic mass is 35.5. The van der Waals surface area contributed by atoms with E-state index >= 15 is 0 Å². The molecule has 0 aliphatic carbocycles. The van der Waals surface area contributed by atoms with Gasteiger partial charge in [-0.15, -0.1) is 11.3 Å². The van der Waals surface area contributed by atoms with Crippen LogP contribution in [-0.2, 0) is 7.05 Å². The zero-order chi connectivity index (χ0) is 11.7. The minimum absolute atomic E-state index is 0.111. The fourth-order valence-electron chi connectivity index (χ4n) is 1.70. The smallest absolute Gasteiger partial charge is 0.0987 e. The molecule has 0 bridgehead atoms. The number of thiophene rings is 1. The van der Waals surface area contributed by atoms with E-state index in [4.69, 9.17) is 17.4 Å². The lowest BCUT2D eigenvalue weighted by Crippen LogP contribution is -2.30. The molecule has 0 aromatic carbocycles. The number of hydrogen-bond donors (Lipinski definition) is 2. The van der Waals surface area contributed by atoms with Gasteiger partial charge in [-0.25, -0.2) is 5.43 Å². The summed E-state index contributed by atoms with van der Waals surface area (Å²) in [5.74, 6) is 5.62. The maximum absolute atomic E-state index is 6.11. The van der Waals surface area contributed by atoms with Crippen molar-refractivity contribution >= 4 is 22.9 Å². The quantitative estimate of drug-likeness (QED) is 0.652. The predicted octanol–water partition coefficient (Wildman–Crippen LogP) is 2.00. The average Bonchev–Trinajstić information content (AvgIpc) is 2.80. The lowest BCUT2D eigenvalue weighted by molar-refractivity contribution is 0.580. The van der Waals surface area contributed by atoms with Crippen molar-refractivity contribution in [3.63, 3.8) is 0 Å². The van der Waals surface area contributed by atoms with E-state index in [1.54, 1.807) is 22.2 Å². The minimum Gasteiger partial charge on any atom is -0.270 e. The molecule has 0 radical (unpaired) electrons. The molecule has 0 saturated carbocycles. The van der Waals surface area contributed by atoms with Crippen LogP contribution in [0.4, 0.5) is 0 Å². The number of aryl methyl sites for hydroxylation is 2. The first-order valence-corrected chi connectivity index (χ1v) is 6.08. The molecule has 2 aromatic heterocycles. The molecule has 4 nitrogen and oxygen atoms in total. The second kappa shape index (κ2) is 4.55. The summed E-state index contributed by atoms with van der Waals surface area (Å²) in [6, 6.07) is 1.95. The van der Waals surface area contributed by atoms with Gasteiger partial charge in [-0.3, -0.25) is 10.5 Å². The number of aromatic nitrogens is 2. The van der Waals surface area contributed by atoms with Crippen LogP contribution in [0, 0.1) is 6.92 Å². The van der Waals surface area contributed by atoms with E-state index in [0.717, 1.165) is 10.6 Å². The zero-order valence-corrected chi connectivity index (χ0v) is 10.6. The summed E-state index contributed by atoms with van der Waals surface area (Å²) < 4.78 is 1.74. The fraction of sp³-hybridized carbons (Fsp3) is 0.300. The molecule has 3 N–H and O–H groups in total. The SMILES string of the molecule is Cc1ccsc1C(NN)c1c(Cl)cnn1C. The van der Waals surface area contributed by atoms with Crippen LogP contribution in [0.3, 0.4) is 0 Å². The van der Waals surface area contributed by atoms with Gasteiger partial charge in [0.05, 0.1) is 23.0 Å². The van der Waals surface area contributed by atoms with Crippen LogP contribution in [0.25, 0.3) is 0 Å². The van der Waals surface area contributed by atoms with Crippen LogP contribution in [0.1, 0.15) is 22.2 Å². The molecule has 0 amide bonds. The molecule has 1 unspecified atom stereocenters. The van der Waals surface area contributed by atoms with Crippen molar-refractivity contribution in [3.8, 4) is 0 Å². The Kier molecular flexibility index (Phi) is 3.30. The van der Waals surface area contributed by atoms with Gasteiger partial charge in [0.15, 0.2) is 0 Å². The van der Waals surface area contributed by atoms with E-state index in [1.807, 2.05) is 12.4 Å². The van der Waals surface area contributed by atoms with Crippen LogP contribution in [0.15, 0.2) is 17.6 Å². The summed E-state index contributed by atoms with van der Waals surface area (Å²) in [7, 11) is 1.86. The first kappa shape index (κ1) is 11.6. The van der Waals surface area contributed by atoms with Gasteiger partial charge >= 0.3 is 0 Å². The highest BCUT2D eigenvalue weighted by Crippen LogP contribution is 2.32. The number of halogens is 1. The maximum Gasteiger partial charge on any atom is 0.0987 e. The lowest BCUT2D eigenvalue weighted by atomic mass is 10.1. The molecule has 0 aliphatic rings. The topological polar surface area (TPSA) is 55.9 Å². The van der Waals surface area contributed by atoms with Gasteiger partial charge in [0, 0.05) is 11.9 Å². The molecule has 0 aliphatic heterocycles. The van der Waals surface area contributed by atoms with Gasteiger partial charge in [0.1, 0.15) is 0 Å². The zero-order valence-electron chi connectivity index (χ0n) is 9.07. The molecule has 0 fully saturated rings. The molecular weight excluding hydrogens is 244 g/mol. The maximum atomic E-state index is 6.11. The van der Waals surface area contributed by atoms with E-state index in [2.05, 4.69) is 23.5 Å². The molecule has 16 heavy (non-hydrogen) atoms. The molecule has 0 spiro atoms. The summed E-state index contributed by atoms with van der Waals surface area (Å²) in [5, 5.41) is 6.78. The number of rotatable bonds is 3. The Morgan fingerprint density at radius 3 is 2.81 bits per heavy atom. The summed E-state index contributed by atoms with van der Waals surface area (Å²) in [5.41, 5.74) is 4.88. The van der Waals surface area contributed by atoms with Crippen molar-refractivity contribution in [1.29, 1.82) is 0 Å². The Morgan fingerprint density at radius 1 is 1.62 bits per heavy atom. The van der Waals surface area contributed by atoms with E-state index in [9.17, 15) is 0 Å². The van der Waals surface area contributed by atoms with E-state index in [-0.39, 0.29) is 6.04 Å². The Balaban J connectivity index is 2.49. The van der Waals surface area contributed by atoms with E-state index in [0.29, 0.717) is 5.02 Å². The summed E-state index contributed by atoms with van der Waals surface area (Å²) in [4.78, 5) is 1.16. The number of nitrogens with one attached hydrogen (secondary N) is 1. The Morgan fingerprint density at radius 2 is 2.38 bits per heavy atom. The monoisotopic (exact) mass is 256 g/mol. The molecule has 2 rings (SSSR count). The summed E-state index contributed by atoms with van der Waals surface area (Å²) >= 11 is 7.77. The van der Waals surface area contributed by atoms with Crippen molar-refractivity contribution in [2.45, 2.75) is 13.0 Å². The Hall–Kier alpha value is -0.880. The Labute approximate surface area is 103 Å². The van der Waals surface area contributed by atoms with Crippen LogP contribution >= 0.6 is 22.9 Å². The van der Waals surface area contributed by atoms with Gasteiger partial charge in [-0.2, -0.15) is 5.10 Å². The molecule has 2 aromatic rings. The molecule has 1 atom stereocenters. The summed E-state index contributed by atoms with van der Waals surface area (Å²) in [6.07, 6.45) is 1.63. The van der Waals surface area contributed by atoms with E-state index < -0.39 is 0 Å². The van der Waals surface area contributed by atoms with Crippen LogP contribution < -0.4 is 11.3 Å². The van der Waals surface area contributed by atoms with Crippen LogP contribution in [-0.4, -0.2) is 9.78 Å². The predicted molar refractivity (Wildman–Crippen MR) is 66.4 cm³/mol. The third kappa shape index (κ3) is 1.87. The van der Waals surface area contributed by atoms with Crippen molar-refractivity contribution < 1.29 is 0 Å². The standard InChI is InChI=1S/C10H13ClN4S/c1-6-3-4-16-10(6)8(14-12)9-7(11)5-13-15(9)2/h3-5,8,14H,12H2,1-2H3. The third-order valence-electron chi connectivity index (χ3n) is 2.54. The summed E-state index contributed by atoms with van der Waals surface area (Å²) in [6.45, 7) is 2.06. The highest BCUT2D eigenvalue weighted by molar-refractivity contribution is 7.10. The van der Waals surface area contributed by atoms with Gasteiger partial charge in [-0.1, -0.05) is 11.6 Å². The van der Waals surface area contributed by atoms with Gasteiger partial charge < -0.3 is 0 Å². The third-order valence-corrected chi connectivity index (χ3v) is 3.92. The molecule has 0 saturated heterocycles. The average molecular weight is 257 g/mol. The van der Waals surface area contributed by atoms with Crippen molar-refractivity contribution in [3.05, 3.63) is 38.8 Å². The van der Waals surface area contributed by atoms with Gasteiger partial charge in [0.25, 0.3) is 0 Å².